The Morgan fingerprint density at radius 2 is 1.94 bits per heavy atom. The van der Waals surface area contributed by atoms with Crippen molar-refractivity contribution in [3.05, 3.63) is 53.0 Å². The minimum Gasteiger partial charge on any atom is -1.00 e. The number of hydrogen-bond acceptors (Lipinski definition) is 2. The molecular formula is C26H32BrIN2O2. The van der Waals surface area contributed by atoms with E-state index < -0.39 is 0 Å². The van der Waals surface area contributed by atoms with Gasteiger partial charge in [-0.2, -0.15) is 0 Å². The van der Waals surface area contributed by atoms with Gasteiger partial charge < -0.3 is 28.7 Å². The molecule has 1 aliphatic carbocycles. The van der Waals surface area contributed by atoms with Crippen molar-refractivity contribution >= 4 is 32.9 Å². The Morgan fingerprint density at radius 1 is 1.19 bits per heavy atom. The maximum Gasteiger partial charge on any atom is 0.348 e. The number of aryl methyl sites for hydroxylation is 1. The number of nitrogens with zero attached hydrogens (tertiary/aromatic N) is 2. The molecule has 0 N–H and O–H groups in total. The fourth-order valence-corrected chi connectivity index (χ4v) is 5.51. The van der Waals surface area contributed by atoms with E-state index in [0.717, 1.165) is 39.7 Å². The van der Waals surface area contributed by atoms with Crippen LogP contribution in [0.3, 0.4) is 0 Å². The molecular weight excluding hydrogens is 579 g/mol. The molecule has 0 bridgehead atoms. The summed E-state index contributed by atoms with van der Waals surface area (Å²) in [7, 11) is 2.05. The number of rotatable bonds is 5. The Labute approximate surface area is 216 Å². The molecule has 0 amide bonds. The normalized spacial score (nSPS) is 20.9. The fraction of sp³-hybridized carbons (Fsp3) is 0.462. The standard InChI is InChI=1S/C26H32BrN2O2.HI/c1-17(2)21-13-12-18(3)14-24(21)31-25(30)16-29-23-11-6-5-10-22(23)28(4)26(29)19-8-7-9-20(27)15-19;/h5-11,15,17-18,21,24H,12-14,16H2,1-4H3;1H/q+1;/p-1/t18-,21+,24?;/m1./s1. The smallest absolute Gasteiger partial charge is 0.348 e. The number of aromatic nitrogens is 2. The summed E-state index contributed by atoms with van der Waals surface area (Å²) in [6, 6.07) is 16.4. The molecule has 1 unspecified atom stereocenters. The van der Waals surface area contributed by atoms with Gasteiger partial charge in [0.15, 0.2) is 17.6 Å². The van der Waals surface area contributed by atoms with Gasteiger partial charge in [0.05, 0.1) is 12.6 Å². The van der Waals surface area contributed by atoms with Gasteiger partial charge in [0.25, 0.3) is 5.82 Å². The van der Waals surface area contributed by atoms with Gasteiger partial charge in [-0.25, -0.2) is 13.9 Å². The number of imidazole rings is 1. The Balaban J connectivity index is 0.00000289. The van der Waals surface area contributed by atoms with E-state index in [0.29, 0.717) is 17.8 Å². The topological polar surface area (TPSA) is 35.1 Å². The maximum absolute atomic E-state index is 13.2. The molecule has 1 aliphatic rings. The molecule has 1 fully saturated rings. The number of benzene rings is 2. The van der Waals surface area contributed by atoms with E-state index in [1.54, 1.807) is 0 Å². The summed E-state index contributed by atoms with van der Waals surface area (Å²) in [5.74, 6) is 2.42. The molecule has 6 heteroatoms. The van der Waals surface area contributed by atoms with Crippen molar-refractivity contribution in [2.45, 2.75) is 52.7 Å². The predicted octanol–water partition coefficient (Wildman–Crippen LogP) is 2.90. The molecule has 0 saturated heterocycles. The van der Waals surface area contributed by atoms with Gasteiger partial charge in [0, 0.05) is 4.47 Å². The molecule has 4 rings (SSSR count). The van der Waals surface area contributed by atoms with Gasteiger partial charge >= 0.3 is 5.97 Å². The lowest BCUT2D eigenvalue weighted by Crippen LogP contribution is -3.00. The van der Waals surface area contributed by atoms with Crippen LogP contribution in [-0.4, -0.2) is 16.6 Å². The van der Waals surface area contributed by atoms with Gasteiger partial charge in [0.2, 0.25) is 0 Å². The lowest BCUT2D eigenvalue weighted by Gasteiger charge is -2.36. The van der Waals surface area contributed by atoms with E-state index in [9.17, 15) is 4.79 Å². The quantitative estimate of drug-likeness (QED) is 0.253. The van der Waals surface area contributed by atoms with Crippen LogP contribution in [0.15, 0.2) is 53.0 Å². The number of carbonyl (C=O) groups is 1. The number of ether oxygens (including phenoxy) is 1. The van der Waals surface area contributed by atoms with Gasteiger partial charge in [-0.05, 0) is 60.9 Å². The number of esters is 1. The Morgan fingerprint density at radius 3 is 2.66 bits per heavy atom. The second-order valence-corrected chi connectivity index (χ2v) is 10.2. The third kappa shape index (κ3) is 5.22. The largest absolute Gasteiger partial charge is 1.00 e. The van der Waals surface area contributed by atoms with Crippen LogP contribution in [0.25, 0.3) is 22.4 Å². The summed E-state index contributed by atoms with van der Waals surface area (Å²) in [6.07, 6.45) is 3.35. The highest BCUT2D eigenvalue weighted by atomic mass is 127. The summed E-state index contributed by atoms with van der Waals surface area (Å²) in [5, 5.41) is 0. The number of halogens is 2. The molecule has 1 saturated carbocycles. The Kier molecular flexibility index (Phi) is 8.42. The molecule has 0 aliphatic heterocycles. The molecule has 32 heavy (non-hydrogen) atoms. The van der Waals surface area contributed by atoms with Gasteiger partial charge in [-0.15, -0.1) is 0 Å². The van der Waals surface area contributed by atoms with Crippen LogP contribution in [0.1, 0.15) is 40.0 Å². The average Bonchev–Trinajstić information content (AvgIpc) is 2.99. The molecule has 172 valence electrons. The van der Waals surface area contributed by atoms with Crippen LogP contribution in [-0.2, 0) is 23.1 Å². The fourth-order valence-electron chi connectivity index (χ4n) is 5.11. The van der Waals surface area contributed by atoms with Crippen molar-refractivity contribution in [3.8, 4) is 11.4 Å². The van der Waals surface area contributed by atoms with Crippen LogP contribution in [0.2, 0.25) is 0 Å². The minimum atomic E-state index is -0.151. The first-order chi connectivity index (χ1) is 14.8. The molecule has 3 atom stereocenters. The second-order valence-electron chi connectivity index (χ2n) is 9.32. The summed E-state index contributed by atoms with van der Waals surface area (Å²) in [5.41, 5.74) is 3.19. The number of fused-ring (bicyclic) bond motifs is 1. The SMILES string of the molecule is CC(C)[C@@H]1CC[C@@H](C)CC1OC(=O)Cn1c(-c2cccc(Br)c2)[n+](C)c2ccccc21.[I-]. The van der Waals surface area contributed by atoms with Crippen LogP contribution in [0, 0.1) is 17.8 Å². The van der Waals surface area contributed by atoms with Crippen molar-refractivity contribution < 1.29 is 38.1 Å². The van der Waals surface area contributed by atoms with E-state index in [1.165, 1.54) is 6.42 Å². The zero-order valence-electron chi connectivity index (χ0n) is 19.2. The minimum absolute atomic E-state index is 0. The van der Waals surface area contributed by atoms with Crippen LogP contribution in [0.4, 0.5) is 0 Å². The summed E-state index contributed by atoms with van der Waals surface area (Å²) >= 11 is 3.58. The first kappa shape index (κ1) is 25.2. The van der Waals surface area contributed by atoms with Crippen LogP contribution >= 0.6 is 15.9 Å². The molecule has 4 nitrogen and oxygen atoms in total. The Hall–Kier alpha value is -1.41. The third-order valence-corrected chi connectivity index (χ3v) is 7.21. The van der Waals surface area contributed by atoms with Crippen LogP contribution in [0.5, 0.6) is 0 Å². The summed E-state index contributed by atoms with van der Waals surface area (Å²) in [4.78, 5) is 13.2. The van der Waals surface area contributed by atoms with Crippen molar-refractivity contribution in [2.24, 2.45) is 24.8 Å². The zero-order valence-corrected chi connectivity index (χ0v) is 23.0. The highest BCUT2D eigenvalue weighted by Crippen LogP contribution is 2.35. The van der Waals surface area contributed by atoms with Crippen molar-refractivity contribution in [1.29, 1.82) is 0 Å². The highest BCUT2D eigenvalue weighted by molar-refractivity contribution is 9.10. The monoisotopic (exact) mass is 610 g/mol. The highest BCUT2D eigenvalue weighted by Gasteiger charge is 2.34. The molecule has 2 aromatic carbocycles. The lowest BCUT2D eigenvalue weighted by atomic mass is 9.75. The van der Waals surface area contributed by atoms with E-state index >= 15 is 0 Å². The van der Waals surface area contributed by atoms with Gasteiger partial charge in [0.1, 0.15) is 6.10 Å². The van der Waals surface area contributed by atoms with Crippen molar-refractivity contribution in [1.82, 2.24) is 4.57 Å². The third-order valence-electron chi connectivity index (χ3n) is 6.72. The van der Waals surface area contributed by atoms with Crippen molar-refractivity contribution in [3.63, 3.8) is 0 Å². The molecule has 1 heterocycles. The zero-order chi connectivity index (χ0) is 22.1. The average molecular weight is 611 g/mol. The molecule has 0 radical (unpaired) electrons. The summed E-state index contributed by atoms with van der Waals surface area (Å²) in [6.45, 7) is 6.96. The van der Waals surface area contributed by atoms with Gasteiger partial charge in [-0.3, -0.25) is 0 Å². The molecule has 0 spiro atoms. The first-order valence-electron chi connectivity index (χ1n) is 11.3. The van der Waals surface area contributed by atoms with E-state index in [2.05, 4.69) is 77.1 Å². The molecule has 3 aromatic rings. The van der Waals surface area contributed by atoms with E-state index in [-0.39, 0.29) is 42.6 Å². The van der Waals surface area contributed by atoms with Crippen LogP contribution < -0.4 is 28.5 Å². The van der Waals surface area contributed by atoms with Crippen molar-refractivity contribution in [2.75, 3.05) is 0 Å². The first-order valence-corrected chi connectivity index (χ1v) is 12.1. The van der Waals surface area contributed by atoms with Gasteiger partial charge in [-0.1, -0.05) is 61.3 Å². The number of carbonyl (C=O) groups excluding carboxylic acids is 1. The van der Waals surface area contributed by atoms with E-state index in [4.69, 9.17) is 4.74 Å². The molecule has 1 aromatic heterocycles. The predicted molar refractivity (Wildman–Crippen MR) is 127 cm³/mol. The Bertz CT molecular complexity index is 1090. The number of hydrogen-bond donors (Lipinski definition) is 0. The second kappa shape index (κ2) is 10.7. The lowest BCUT2D eigenvalue weighted by molar-refractivity contribution is -0.634. The number of para-hydroxylation sites is 2. The van der Waals surface area contributed by atoms with E-state index in [1.807, 2.05) is 24.3 Å². The maximum atomic E-state index is 13.2. The summed E-state index contributed by atoms with van der Waals surface area (Å²) < 4.78 is 11.4.